The number of aryl methyl sites for hydroxylation is 1. The molecule has 1 amide bonds. The van der Waals surface area contributed by atoms with Gasteiger partial charge >= 0.3 is 0 Å². The number of hydrogen-bond acceptors (Lipinski definition) is 3. The van der Waals surface area contributed by atoms with E-state index in [1.807, 2.05) is 33.0 Å². The molecule has 1 fully saturated rings. The van der Waals surface area contributed by atoms with Crippen molar-refractivity contribution in [2.24, 2.45) is 0 Å². The lowest BCUT2D eigenvalue weighted by molar-refractivity contribution is -0.123. The van der Waals surface area contributed by atoms with E-state index in [1.165, 1.54) is 0 Å². The summed E-state index contributed by atoms with van der Waals surface area (Å²) in [7, 11) is 0. The number of nitrogens with zero attached hydrogens (tertiary/aromatic N) is 3. The molecule has 5 heteroatoms. The number of nitriles is 1. The van der Waals surface area contributed by atoms with Gasteiger partial charge in [0.05, 0.1) is 17.8 Å². The van der Waals surface area contributed by atoms with Gasteiger partial charge in [-0.1, -0.05) is 0 Å². The topological polar surface area (TPSA) is 70.7 Å². The maximum atomic E-state index is 12.7. The molecule has 5 nitrogen and oxygen atoms in total. The Hall–Kier alpha value is -2.61. The third kappa shape index (κ3) is 2.98. The van der Waals surface area contributed by atoms with E-state index in [0.717, 1.165) is 29.7 Å². The quantitative estimate of drug-likeness (QED) is 0.942. The second kappa shape index (κ2) is 5.54. The van der Waals surface area contributed by atoms with E-state index in [-0.39, 0.29) is 5.91 Å². The smallest absolute Gasteiger partial charge is 0.251 e. The van der Waals surface area contributed by atoms with E-state index < -0.39 is 5.54 Å². The van der Waals surface area contributed by atoms with Gasteiger partial charge < -0.3 is 5.32 Å². The summed E-state index contributed by atoms with van der Waals surface area (Å²) in [5.41, 5.74) is 2.70. The van der Waals surface area contributed by atoms with Gasteiger partial charge in [-0.25, -0.2) is 0 Å². The minimum atomic E-state index is -0.790. The molecule has 1 aliphatic rings. The molecule has 0 atom stereocenters. The Morgan fingerprint density at radius 3 is 2.74 bits per heavy atom. The Balaban J connectivity index is 1.83. The molecule has 23 heavy (non-hydrogen) atoms. The molecule has 0 spiro atoms. The predicted molar refractivity (Wildman–Crippen MR) is 88.0 cm³/mol. The summed E-state index contributed by atoms with van der Waals surface area (Å²) < 4.78 is 1.67. The van der Waals surface area contributed by atoms with Crippen LogP contribution in [0.2, 0.25) is 0 Å². The molecule has 0 bridgehead atoms. The zero-order valence-electron chi connectivity index (χ0n) is 13.6. The van der Waals surface area contributed by atoms with Crippen molar-refractivity contribution >= 4 is 11.6 Å². The van der Waals surface area contributed by atoms with Crippen LogP contribution in [0.4, 0.5) is 5.69 Å². The number of hydrogen-bond donors (Lipinski definition) is 1. The van der Waals surface area contributed by atoms with Crippen molar-refractivity contribution in [3.05, 3.63) is 47.3 Å². The van der Waals surface area contributed by atoms with Crippen LogP contribution in [0.1, 0.15) is 49.3 Å². The molecule has 1 saturated carbocycles. The lowest BCUT2D eigenvalue weighted by Crippen LogP contribution is -2.40. The van der Waals surface area contributed by atoms with Gasteiger partial charge in [0.1, 0.15) is 5.54 Å². The number of nitrogens with one attached hydrogen (secondary N) is 1. The first-order valence-corrected chi connectivity index (χ1v) is 7.79. The van der Waals surface area contributed by atoms with Gasteiger partial charge in [-0.2, -0.15) is 10.4 Å². The van der Waals surface area contributed by atoms with Crippen molar-refractivity contribution in [2.45, 2.75) is 45.1 Å². The maximum absolute atomic E-state index is 12.7. The first-order valence-electron chi connectivity index (χ1n) is 7.79. The summed E-state index contributed by atoms with van der Waals surface area (Å²) in [5, 5.41) is 16.4. The van der Waals surface area contributed by atoms with Crippen LogP contribution in [0.3, 0.4) is 0 Å². The third-order valence-electron chi connectivity index (χ3n) is 4.29. The fourth-order valence-corrected chi connectivity index (χ4v) is 2.58. The van der Waals surface area contributed by atoms with E-state index >= 15 is 0 Å². The number of amides is 1. The Morgan fingerprint density at radius 2 is 2.17 bits per heavy atom. The minimum absolute atomic E-state index is 0.132. The first kappa shape index (κ1) is 15.3. The van der Waals surface area contributed by atoms with E-state index in [4.69, 9.17) is 0 Å². The second-order valence-corrected chi connectivity index (χ2v) is 6.66. The van der Waals surface area contributed by atoms with Crippen molar-refractivity contribution in [1.29, 1.82) is 5.26 Å². The van der Waals surface area contributed by atoms with Gasteiger partial charge in [0.2, 0.25) is 0 Å². The minimum Gasteiger partial charge on any atom is -0.324 e. The fourth-order valence-electron chi connectivity index (χ4n) is 2.58. The van der Waals surface area contributed by atoms with Crippen LogP contribution in [0.25, 0.3) is 0 Å². The maximum Gasteiger partial charge on any atom is 0.251 e. The normalized spacial score (nSPS) is 14.3. The first-order chi connectivity index (χ1) is 10.9. The molecule has 2 aromatic rings. The molecule has 0 unspecified atom stereocenters. The Bertz CT molecular complexity index is 794. The van der Waals surface area contributed by atoms with Gasteiger partial charge in [-0.15, -0.1) is 0 Å². The number of aromatic nitrogens is 2. The van der Waals surface area contributed by atoms with Crippen molar-refractivity contribution in [2.75, 3.05) is 5.32 Å². The highest BCUT2D eigenvalue weighted by atomic mass is 16.2. The van der Waals surface area contributed by atoms with Crippen molar-refractivity contribution in [3.8, 4) is 6.07 Å². The van der Waals surface area contributed by atoms with Gasteiger partial charge in [0.25, 0.3) is 5.91 Å². The summed E-state index contributed by atoms with van der Waals surface area (Å²) in [5.74, 6) is 0.329. The zero-order chi connectivity index (χ0) is 16.6. The highest BCUT2D eigenvalue weighted by molar-refractivity contribution is 5.96. The number of anilines is 1. The van der Waals surface area contributed by atoms with Crippen molar-refractivity contribution < 1.29 is 4.79 Å². The average molecular weight is 308 g/mol. The van der Waals surface area contributed by atoms with Crippen LogP contribution >= 0.6 is 0 Å². The van der Waals surface area contributed by atoms with Crippen molar-refractivity contribution in [1.82, 2.24) is 9.78 Å². The van der Waals surface area contributed by atoms with Gasteiger partial charge in [-0.05, 0) is 68.9 Å². The molecule has 0 aliphatic heterocycles. The summed E-state index contributed by atoms with van der Waals surface area (Å²) >= 11 is 0. The molecule has 1 heterocycles. The predicted octanol–water partition coefficient (Wildman–Crippen LogP) is 3.31. The molecule has 3 rings (SSSR count). The van der Waals surface area contributed by atoms with Crippen LogP contribution in [0, 0.1) is 18.3 Å². The lowest BCUT2D eigenvalue weighted by atomic mass is 10.0. The van der Waals surface area contributed by atoms with E-state index in [1.54, 1.807) is 23.0 Å². The highest BCUT2D eigenvalue weighted by Gasteiger charge is 2.31. The average Bonchev–Trinajstić information content (AvgIpc) is 3.28. The molecule has 1 aromatic heterocycles. The van der Waals surface area contributed by atoms with E-state index in [0.29, 0.717) is 11.5 Å². The summed E-state index contributed by atoms with van der Waals surface area (Å²) in [6.07, 6.45) is 5.82. The number of carbonyl (C=O) groups is 1. The Morgan fingerprint density at radius 1 is 1.43 bits per heavy atom. The van der Waals surface area contributed by atoms with Crippen LogP contribution in [0.5, 0.6) is 0 Å². The summed E-state index contributed by atoms with van der Waals surface area (Å²) in [6, 6.07) is 7.73. The number of carbonyl (C=O) groups excluding carboxylic acids is 1. The van der Waals surface area contributed by atoms with Crippen LogP contribution in [-0.4, -0.2) is 15.7 Å². The SMILES string of the molecule is Cc1cnn(C(C)(C)C(=O)Nc2ccc(C#N)c(C3CC3)c2)c1. The summed E-state index contributed by atoms with van der Waals surface area (Å²) in [6.45, 7) is 5.61. The van der Waals surface area contributed by atoms with Crippen LogP contribution in [0.15, 0.2) is 30.6 Å². The molecular weight excluding hydrogens is 288 g/mol. The second-order valence-electron chi connectivity index (χ2n) is 6.66. The van der Waals surface area contributed by atoms with Gasteiger partial charge in [0.15, 0.2) is 0 Å². The van der Waals surface area contributed by atoms with Gasteiger partial charge in [0, 0.05) is 11.9 Å². The molecule has 0 saturated heterocycles. The van der Waals surface area contributed by atoms with Crippen LogP contribution in [-0.2, 0) is 10.3 Å². The monoisotopic (exact) mass is 308 g/mol. The Kier molecular flexibility index (Phi) is 3.69. The lowest BCUT2D eigenvalue weighted by Gasteiger charge is -2.24. The molecule has 1 aromatic carbocycles. The molecular formula is C18H20N4O. The third-order valence-corrected chi connectivity index (χ3v) is 4.29. The molecule has 1 N–H and O–H groups in total. The van der Waals surface area contributed by atoms with Gasteiger partial charge in [-0.3, -0.25) is 9.48 Å². The largest absolute Gasteiger partial charge is 0.324 e. The number of benzene rings is 1. The highest BCUT2D eigenvalue weighted by Crippen LogP contribution is 2.42. The zero-order valence-corrected chi connectivity index (χ0v) is 13.6. The molecule has 1 aliphatic carbocycles. The van der Waals surface area contributed by atoms with E-state index in [2.05, 4.69) is 16.5 Å². The van der Waals surface area contributed by atoms with Crippen LogP contribution < -0.4 is 5.32 Å². The summed E-state index contributed by atoms with van der Waals surface area (Å²) in [4.78, 5) is 12.7. The number of rotatable bonds is 4. The molecule has 118 valence electrons. The Labute approximate surface area is 135 Å². The molecule has 0 radical (unpaired) electrons. The van der Waals surface area contributed by atoms with E-state index in [9.17, 15) is 10.1 Å². The van der Waals surface area contributed by atoms with Crippen molar-refractivity contribution in [3.63, 3.8) is 0 Å². The standard InChI is InChI=1S/C18H20N4O/c1-12-10-20-22(11-12)18(2,3)17(23)21-15-7-6-14(9-19)16(8-15)13-4-5-13/h6-8,10-11,13H,4-5H2,1-3H3,(H,21,23). The fraction of sp³-hybridized carbons (Fsp3) is 0.389.